The predicted octanol–water partition coefficient (Wildman–Crippen LogP) is 6.42. The molecule has 1 heterocycles. The highest BCUT2D eigenvalue weighted by atomic mass is 16.5. The standard InChI is InChI=1S/C31H20O6/c1-36-19-12-14-25-23(16-19)30(35)27-20-13-11-18(28(33)21-9-5-6-10-24(21)32)15-22(20)29(34)26(31(27)37-25)17-7-3-2-4-8-17/h2-16,32,34H,1H3. The van der Waals surface area contributed by atoms with Crippen LogP contribution in [-0.4, -0.2) is 23.1 Å². The number of ketones is 1. The second kappa shape index (κ2) is 8.53. The largest absolute Gasteiger partial charge is 0.507 e. The zero-order valence-electron chi connectivity index (χ0n) is 19.7. The second-order valence-corrected chi connectivity index (χ2v) is 8.69. The number of fused-ring (bicyclic) bond motifs is 4. The van der Waals surface area contributed by atoms with Crippen molar-refractivity contribution in [2.75, 3.05) is 7.11 Å². The van der Waals surface area contributed by atoms with Gasteiger partial charge < -0.3 is 19.4 Å². The lowest BCUT2D eigenvalue weighted by Crippen LogP contribution is -2.06. The highest BCUT2D eigenvalue weighted by molar-refractivity contribution is 6.19. The molecule has 0 aliphatic heterocycles. The third-order valence-electron chi connectivity index (χ3n) is 6.58. The summed E-state index contributed by atoms with van der Waals surface area (Å²) in [7, 11) is 1.52. The summed E-state index contributed by atoms with van der Waals surface area (Å²) in [6.45, 7) is 0. The molecule has 0 saturated heterocycles. The van der Waals surface area contributed by atoms with Gasteiger partial charge in [-0.2, -0.15) is 0 Å². The Hall–Kier alpha value is -5.10. The van der Waals surface area contributed by atoms with Crippen molar-refractivity contribution >= 4 is 38.5 Å². The van der Waals surface area contributed by atoms with E-state index in [-0.39, 0.29) is 39.0 Å². The molecule has 0 aliphatic rings. The minimum Gasteiger partial charge on any atom is -0.507 e. The molecular weight excluding hydrogens is 468 g/mol. The van der Waals surface area contributed by atoms with Crippen LogP contribution < -0.4 is 10.2 Å². The van der Waals surface area contributed by atoms with E-state index in [9.17, 15) is 19.8 Å². The van der Waals surface area contributed by atoms with Crippen LogP contribution in [0.4, 0.5) is 0 Å². The topological polar surface area (TPSA) is 97.0 Å². The number of ether oxygens (including phenoxy) is 1. The van der Waals surface area contributed by atoms with Crippen LogP contribution in [0.15, 0.2) is 100 Å². The lowest BCUT2D eigenvalue weighted by atomic mass is 9.92. The van der Waals surface area contributed by atoms with E-state index in [4.69, 9.17) is 9.15 Å². The van der Waals surface area contributed by atoms with Gasteiger partial charge in [0.2, 0.25) is 5.43 Å². The molecule has 6 rings (SSSR count). The van der Waals surface area contributed by atoms with Gasteiger partial charge >= 0.3 is 0 Å². The van der Waals surface area contributed by atoms with E-state index in [0.717, 1.165) is 0 Å². The first-order valence-electron chi connectivity index (χ1n) is 11.6. The van der Waals surface area contributed by atoms with Crippen LogP contribution in [0.2, 0.25) is 0 Å². The van der Waals surface area contributed by atoms with Crippen LogP contribution in [-0.2, 0) is 0 Å². The monoisotopic (exact) mass is 488 g/mol. The van der Waals surface area contributed by atoms with Crippen molar-refractivity contribution in [1.82, 2.24) is 0 Å². The van der Waals surface area contributed by atoms with Gasteiger partial charge in [-0.25, -0.2) is 0 Å². The molecule has 37 heavy (non-hydrogen) atoms. The number of para-hydroxylation sites is 1. The number of hydrogen-bond donors (Lipinski definition) is 2. The van der Waals surface area contributed by atoms with Gasteiger partial charge in [0, 0.05) is 16.3 Å². The van der Waals surface area contributed by atoms with E-state index in [0.29, 0.717) is 38.6 Å². The maximum Gasteiger partial charge on any atom is 0.201 e. The third kappa shape index (κ3) is 3.50. The summed E-state index contributed by atoms with van der Waals surface area (Å²) in [6.07, 6.45) is 0. The SMILES string of the molecule is COc1ccc2oc3c(-c4ccccc4)c(O)c4cc(C(=O)c5ccccc5O)ccc4c3c(=O)c2c1. The number of rotatable bonds is 4. The summed E-state index contributed by atoms with van der Waals surface area (Å²) in [5, 5.41) is 23.1. The van der Waals surface area contributed by atoms with E-state index in [1.165, 1.54) is 19.2 Å². The molecule has 1 aromatic heterocycles. The average molecular weight is 488 g/mol. The maximum absolute atomic E-state index is 13.9. The molecule has 2 N–H and O–H groups in total. The van der Waals surface area contributed by atoms with E-state index in [2.05, 4.69) is 0 Å². The first-order valence-corrected chi connectivity index (χ1v) is 11.6. The zero-order chi connectivity index (χ0) is 25.7. The van der Waals surface area contributed by atoms with Crippen molar-refractivity contribution in [1.29, 1.82) is 0 Å². The first-order chi connectivity index (χ1) is 18.0. The Bertz CT molecular complexity index is 1920. The predicted molar refractivity (Wildman–Crippen MR) is 143 cm³/mol. The van der Waals surface area contributed by atoms with Crippen molar-refractivity contribution in [3.05, 3.63) is 112 Å². The summed E-state index contributed by atoms with van der Waals surface area (Å²) in [5.41, 5.74) is 1.74. The fourth-order valence-electron chi connectivity index (χ4n) is 4.76. The molecule has 0 saturated carbocycles. The van der Waals surface area contributed by atoms with Crippen molar-refractivity contribution in [2.45, 2.75) is 0 Å². The normalized spacial score (nSPS) is 11.3. The Balaban J connectivity index is 1.74. The van der Waals surface area contributed by atoms with E-state index < -0.39 is 5.78 Å². The van der Waals surface area contributed by atoms with E-state index in [1.54, 1.807) is 48.5 Å². The summed E-state index contributed by atoms with van der Waals surface area (Å²) in [5.74, 6) is -0.143. The molecule has 180 valence electrons. The molecule has 6 heteroatoms. The summed E-state index contributed by atoms with van der Waals surface area (Å²) in [6, 6.07) is 25.1. The van der Waals surface area contributed by atoms with Gasteiger partial charge in [-0.15, -0.1) is 0 Å². The quantitative estimate of drug-likeness (QED) is 0.169. The van der Waals surface area contributed by atoms with E-state index in [1.807, 2.05) is 30.3 Å². The molecule has 0 bridgehead atoms. The Morgan fingerprint density at radius 1 is 0.811 bits per heavy atom. The molecule has 0 unspecified atom stereocenters. The maximum atomic E-state index is 13.9. The summed E-state index contributed by atoms with van der Waals surface area (Å²) in [4.78, 5) is 27.1. The number of methoxy groups -OCH3 is 1. The zero-order valence-corrected chi connectivity index (χ0v) is 19.7. The van der Waals surface area contributed by atoms with Crippen molar-refractivity contribution < 1.29 is 24.2 Å². The summed E-state index contributed by atoms with van der Waals surface area (Å²) >= 11 is 0. The van der Waals surface area contributed by atoms with Crippen LogP contribution >= 0.6 is 0 Å². The molecular formula is C31H20O6. The number of phenolic OH excluding ortho intramolecular Hbond substituents is 2. The van der Waals surface area contributed by atoms with Crippen molar-refractivity contribution in [2.24, 2.45) is 0 Å². The molecule has 6 aromatic rings. The second-order valence-electron chi connectivity index (χ2n) is 8.69. The van der Waals surface area contributed by atoms with Crippen molar-refractivity contribution in [3.8, 4) is 28.4 Å². The van der Waals surface area contributed by atoms with Crippen LogP contribution in [0.1, 0.15) is 15.9 Å². The number of carbonyl (C=O) groups is 1. The van der Waals surface area contributed by atoms with E-state index >= 15 is 0 Å². The highest BCUT2D eigenvalue weighted by Crippen LogP contribution is 2.44. The lowest BCUT2D eigenvalue weighted by Gasteiger charge is -2.15. The number of hydrogen-bond acceptors (Lipinski definition) is 6. The van der Waals surface area contributed by atoms with Gasteiger partial charge in [0.1, 0.15) is 22.8 Å². The highest BCUT2D eigenvalue weighted by Gasteiger charge is 2.23. The van der Waals surface area contributed by atoms with Crippen molar-refractivity contribution in [3.63, 3.8) is 0 Å². The first kappa shape index (κ1) is 22.4. The molecule has 6 nitrogen and oxygen atoms in total. The Morgan fingerprint density at radius 2 is 1.57 bits per heavy atom. The van der Waals surface area contributed by atoms with Gasteiger partial charge in [-0.1, -0.05) is 54.6 Å². The van der Waals surface area contributed by atoms with Gasteiger partial charge in [0.15, 0.2) is 11.4 Å². The fourth-order valence-corrected chi connectivity index (χ4v) is 4.76. The Kier molecular flexibility index (Phi) is 5.16. The number of benzene rings is 5. The molecule has 5 aromatic carbocycles. The number of aromatic hydroxyl groups is 2. The van der Waals surface area contributed by atoms with Crippen LogP contribution in [0.5, 0.6) is 17.2 Å². The average Bonchev–Trinajstić information content (AvgIpc) is 2.93. The fraction of sp³-hybridized carbons (Fsp3) is 0.0323. The molecule has 0 aliphatic carbocycles. The minimum atomic E-state index is -0.406. The molecule has 0 amide bonds. The summed E-state index contributed by atoms with van der Waals surface area (Å²) < 4.78 is 11.6. The van der Waals surface area contributed by atoms with Gasteiger partial charge in [-0.3, -0.25) is 9.59 Å². The molecule has 0 fully saturated rings. The van der Waals surface area contributed by atoms with Gasteiger partial charge in [-0.05, 0) is 42.0 Å². The van der Waals surface area contributed by atoms with Crippen LogP contribution in [0.25, 0.3) is 43.8 Å². The minimum absolute atomic E-state index is 0.114. The Morgan fingerprint density at radius 3 is 2.32 bits per heavy atom. The number of carbonyl (C=O) groups excluding carboxylic acids is 1. The number of phenols is 2. The lowest BCUT2D eigenvalue weighted by molar-refractivity contribution is 0.103. The van der Waals surface area contributed by atoms with Crippen LogP contribution in [0.3, 0.4) is 0 Å². The van der Waals surface area contributed by atoms with Gasteiger partial charge in [0.25, 0.3) is 0 Å². The van der Waals surface area contributed by atoms with Crippen LogP contribution in [0, 0.1) is 0 Å². The molecule has 0 radical (unpaired) electrons. The third-order valence-corrected chi connectivity index (χ3v) is 6.58. The van der Waals surface area contributed by atoms with Gasteiger partial charge in [0.05, 0.1) is 29.0 Å². The smallest absolute Gasteiger partial charge is 0.201 e. The molecule has 0 atom stereocenters. The Labute approximate surface area is 210 Å². The molecule has 0 spiro atoms.